The van der Waals surface area contributed by atoms with Gasteiger partial charge in [0.05, 0.1) is 22.8 Å². The third-order valence-electron chi connectivity index (χ3n) is 2.10. The fraction of sp³-hybridized carbons (Fsp3) is 0.250. The summed E-state index contributed by atoms with van der Waals surface area (Å²) >= 11 is 1.53. The van der Waals surface area contributed by atoms with E-state index in [1.165, 1.54) is 11.3 Å². The number of hydrogen-bond donors (Lipinski definition) is 0. The number of ether oxygens (including phenoxy) is 1. The Kier molecular flexibility index (Phi) is 3.82. The van der Waals surface area contributed by atoms with Crippen molar-refractivity contribution in [2.75, 3.05) is 0 Å². The Labute approximate surface area is 103 Å². The molecule has 0 atom stereocenters. The summed E-state index contributed by atoms with van der Waals surface area (Å²) in [7, 11) is 0. The van der Waals surface area contributed by atoms with Gasteiger partial charge in [-0.3, -0.25) is 9.78 Å². The lowest BCUT2D eigenvalue weighted by molar-refractivity contribution is -0.144. The van der Waals surface area contributed by atoms with Gasteiger partial charge in [-0.15, -0.1) is 11.3 Å². The second-order valence-corrected chi connectivity index (χ2v) is 4.58. The molecule has 0 radical (unpaired) electrons. The number of aryl methyl sites for hydroxylation is 1. The second-order valence-electron chi connectivity index (χ2n) is 3.52. The first-order valence-corrected chi connectivity index (χ1v) is 6.08. The van der Waals surface area contributed by atoms with Crippen LogP contribution in [0.4, 0.5) is 0 Å². The highest BCUT2D eigenvalue weighted by molar-refractivity contribution is 7.09. The maximum Gasteiger partial charge on any atom is 0.312 e. The minimum atomic E-state index is -0.277. The van der Waals surface area contributed by atoms with Gasteiger partial charge in [0.15, 0.2) is 0 Å². The van der Waals surface area contributed by atoms with Crippen molar-refractivity contribution in [3.8, 4) is 0 Å². The molecule has 0 aliphatic rings. The van der Waals surface area contributed by atoms with Crippen LogP contribution in [0, 0.1) is 6.92 Å². The van der Waals surface area contributed by atoms with E-state index in [0.717, 1.165) is 16.4 Å². The molecule has 5 heteroatoms. The minimum Gasteiger partial charge on any atom is -0.459 e. The van der Waals surface area contributed by atoms with Crippen LogP contribution in [0.15, 0.2) is 29.8 Å². The molecule has 0 N–H and O–H groups in total. The number of rotatable bonds is 4. The molecule has 2 aromatic heterocycles. The Morgan fingerprint density at radius 2 is 2.29 bits per heavy atom. The van der Waals surface area contributed by atoms with Crippen LogP contribution in [0.1, 0.15) is 16.4 Å². The third kappa shape index (κ3) is 3.64. The van der Waals surface area contributed by atoms with Crippen molar-refractivity contribution in [1.82, 2.24) is 9.97 Å². The van der Waals surface area contributed by atoms with Gasteiger partial charge in [-0.1, -0.05) is 6.07 Å². The van der Waals surface area contributed by atoms with Gasteiger partial charge in [0.1, 0.15) is 6.61 Å². The van der Waals surface area contributed by atoms with Crippen LogP contribution in [0.3, 0.4) is 0 Å². The predicted octanol–water partition coefficient (Wildman–Crippen LogP) is 2.13. The van der Waals surface area contributed by atoms with Gasteiger partial charge >= 0.3 is 5.97 Å². The molecule has 0 spiro atoms. The van der Waals surface area contributed by atoms with Crippen molar-refractivity contribution < 1.29 is 9.53 Å². The summed E-state index contributed by atoms with van der Waals surface area (Å²) in [4.78, 5) is 19.8. The molecule has 0 bridgehead atoms. The Balaban J connectivity index is 1.82. The number of carbonyl (C=O) groups is 1. The molecule has 0 saturated heterocycles. The first-order chi connectivity index (χ1) is 8.24. The van der Waals surface area contributed by atoms with E-state index >= 15 is 0 Å². The van der Waals surface area contributed by atoms with Gasteiger partial charge in [-0.25, -0.2) is 4.98 Å². The number of thiazole rings is 1. The topological polar surface area (TPSA) is 52.1 Å². The zero-order chi connectivity index (χ0) is 12.1. The summed E-state index contributed by atoms with van der Waals surface area (Å²) in [6.07, 6.45) is 1.89. The molecule has 2 rings (SSSR count). The third-order valence-corrected chi connectivity index (χ3v) is 2.92. The van der Waals surface area contributed by atoms with Gasteiger partial charge in [0.2, 0.25) is 0 Å². The van der Waals surface area contributed by atoms with E-state index in [1.807, 2.05) is 30.5 Å². The molecule has 0 amide bonds. The zero-order valence-electron chi connectivity index (χ0n) is 9.42. The van der Waals surface area contributed by atoms with Crippen molar-refractivity contribution in [2.24, 2.45) is 0 Å². The van der Waals surface area contributed by atoms with Crippen molar-refractivity contribution in [3.05, 3.63) is 46.2 Å². The number of nitrogens with zero attached hydrogens (tertiary/aromatic N) is 2. The quantitative estimate of drug-likeness (QED) is 0.778. The summed E-state index contributed by atoms with van der Waals surface area (Å²) in [6.45, 7) is 2.12. The highest BCUT2D eigenvalue weighted by atomic mass is 32.1. The highest BCUT2D eigenvalue weighted by Gasteiger charge is 2.08. The molecule has 88 valence electrons. The molecule has 0 aromatic carbocycles. The molecule has 0 unspecified atom stereocenters. The highest BCUT2D eigenvalue weighted by Crippen LogP contribution is 2.09. The average Bonchev–Trinajstić information content (AvgIpc) is 2.73. The van der Waals surface area contributed by atoms with Crippen LogP contribution in [0.25, 0.3) is 0 Å². The number of carbonyl (C=O) groups excluding carboxylic acids is 1. The SMILES string of the molecule is Cc1nc(CC(=O)OCc2ccccn2)cs1. The zero-order valence-corrected chi connectivity index (χ0v) is 10.2. The Morgan fingerprint density at radius 3 is 2.94 bits per heavy atom. The fourth-order valence-corrected chi connectivity index (χ4v) is 1.94. The lowest BCUT2D eigenvalue weighted by Gasteiger charge is -2.02. The van der Waals surface area contributed by atoms with E-state index in [2.05, 4.69) is 9.97 Å². The van der Waals surface area contributed by atoms with Crippen LogP contribution >= 0.6 is 11.3 Å². The van der Waals surface area contributed by atoms with E-state index in [4.69, 9.17) is 4.74 Å². The fourth-order valence-electron chi connectivity index (χ4n) is 1.33. The van der Waals surface area contributed by atoms with Crippen LogP contribution in [-0.2, 0) is 22.6 Å². The lowest BCUT2D eigenvalue weighted by atomic mass is 10.3. The molecular formula is C12H12N2O2S. The summed E-state index contributed by atoms with van der Waals surface area (Å²) < 4.78 is 5.10. The van der Waals surface area contributed by atoms with Gasteiger partial charge < -0.3 is 4.74 Å². The first kappa shape index (κ1) is 11.7. The van der Waals surface area contributed by atoms with Gasteiger partial charge in [0, 0.05) is 11.6 Å². The Hall–Kier alpha value is -1.75. The standard InChI is InChI=1S/C12H12N2O2S/c1-9-14-11(8-17-9)6-12(15)16-7-10-4-2-3-5-13-10/h2-5,8H,6-7H2,1H3. The van der Waals surface area contributed by atoms with Crippen LogP contribution < -0.4 is 0 Å². The molecule has 0 aliphatic carbocycles. The average molecular weight is 248 g/mol. The van der Waals surface area contributed by atoms with E-state index in [0.29, 0.717) is 0 Å². The van der Waals surface area contributed by atoms with Crippen molar-refractivity contribution in [1.29, 1.82) is 0 Å². The molecule has 0 aliphatic heterocycles. The van der Waals surface area contributed by atoms with E-state index < -0.39 is 0 Å². The maximum absolute atomic E-state index is 11.5. The van der Waals surface area contributed by atoms with Crippen LogP contribution in [0.2, 0.25) is 0 Å². The molecule has 0 fully saturated rings. The molecular weight excluding hydrogens is 236 g/mol. The number of hydrogen-bond acceptors (Lipinski definition) is 5. The molecule has 17 heavy (non-hydrogen) atoms. The molecule has 2 aromatic rings. The second kappa shape index (κ2) is 5.54. The number of aromatic nitrogens is 2. The molecule has 2 heterocycles. The van der Waals surface area contributed by atoms with E-state index in [9.17, 15) is 4.79 Å². The van der Waals surface area contributed by atoms with Gasteiger partial charge in [-0.2, -0.15) is 0 Å². The lowest BCUT2D eigenvalue weighted by Crippen LogP contribution is -2.08. The number of pyridine rings is 1. The van der Waals surface area contributed by atoms with Crippen molar-refractivity contribution >= 4 is 17.3 Å². The Bertz CT molecular complexity index is 496. The summed E-state index contributed by atoms with van der Waals surface area (Å²) in [5, 5.41) is 2.83. The van der Waals surface area contributed by atoms with Crippen LogP contribution in [0.5, 0.6) is 0 Å². The maximum atomic E-state index is 11.5. The Morgan fingerprint density at radius 1 is 1.41 bits per heavy atom. The largest absolute Gasteiger partial charge is 0.459 e. The van der Waals surface area contributed by atoms with Crippen LogP contribution in [-0.4, -0.2) is 15.9 Å². The van der Waals surface area contributed by atoms with E-state index in [-0.39, 0.29) is 19.0 Å². The summed E-state index contributed by atoms with van der Waals surface area (Å²) in [5.41, 5.74) is 1.51. The van der Waals surface area contributed by atoms with E-state index in [1.54, 1.807) is 6.20 Å². The monoisotopic (exact) mass is 248 g/mol. The summed E-state index contributed by atoms with van der Waals surface area (Å²) in [6, 6.07) is 5.50. The van der Waals surface area contributed by atoms with Crippen molar-refractivity contribution in [2.45, 2.75) is 20.0 Å². The van der Waals surface area contributed by atoms with Gasteiger partial charge in [0.25, 0.3) is 0 Å². The molecule has 4 nitrogen and oxygen atoms in total. The smallest absolute Gasteiger partial charge is 0.312 e. The minimum absolute atomic E-state index is 0.211. The summed E-state index contributed by atoms with van der Waals surface area (Å²) in [5.74, 6) is -0.277. The first-order valence-electron chi connectivity index (χ1n) is 5.20. The van der Waals surface area contributed by atoms with Gasteiger partial charge in [-0.05, 0) is 19.1 Å². The predicted molar refractivity (Wildman–Crippen MR) is 64.6 cm³/mol. The number of esters is 1. The molecule has 0 saturated carbocycles. The normalized spacial score (nSPS) is 10.2. The van der Waals surface area contributed by atoms with Crippen molar-refractivity contribution in [3.63, 3.8) is 0 Å².